The summed E-state index contributed by atoms with van der Waals surface area (Å²) in [5.74, 6) is 0.706. The number of benzene rings is 1. The van der Waals surface area contributed by atoms with Crippen LogP contribution in [-0.2, 0) is 6.54 Å². The highest BCUT2D eigenvalue weighted by atomic mass is 35.5. The number of hydrazone groups is 1. The van der Waals surface area contributed by atoms with E-state index < -0.39 is 0 Å². The first-order valence-electron chi connectivity index (χ1n) is 4.57. The molecule has 1 aliphatic rings. The van der Waals surface area contributed by atoms with Crippen LogP contribution in [0.5, 0.6) is 0 Å². The van der Waals surface area contributed by atoms with Crippen molar-refractivity contribution in [1.29, 1.82) is 0 Å². The van der Waals surface area contributed by atoms with Gasteiger partial charge in [-0.15, -0.1) is 0 Å². The molecule has 0 spiro atoms. The molecule has 0 aromatic heterocycles. The van der Waals surface area contributed by atoms with E-state index in [1.807, 2.05) is 29.3 Å². The molecule has 0 bridgehead atoms. The SMILES string of the molecule is NC1=NN(Cc2ccccc2Cl)CC1. The second kappa shape index (κ2) is 3.88. The summed E-state index contributed by atoms with van der Waals surface area (Å²) in [6.07, 6.45) is 0.852. The summed E-state index contributed by atoms with van der Waals surface area (Å²) in [5, 5.41) is 6.92. The van der Waals surface area contributed by atoms with Crippen LogP contribution < -0.4 is 5.73 Å². The van der Waals surface area contributed by atoms with Crippen LogP contribution in [0.2, 0.25) is 5.02 Å². The Morgan fingerprint density at radius 2 is 2.21 bits per heavy atom. The largest absolute Gasteiger partial charge is 0.386 e. The second-order valence-corrected chi connectivity index (χ2v) is 3.73. The predicted octanol–water partition coefficient (Wildman–Crippen LogP) is 1.82. The Morgan fingerprint density at radius 1 is 1.43 bits per heavy atom. The van der Waals surface area contributed by atoms with Crippen molar-refractivity contribution in [2.24, 2.45) is 10.8 Å². The second-order valence-electron chi connectivity index (χ2n) is 3.32. The van der Waals surface area contributed by atoms with Gasteiger partial charge in [0.2, 0.25) is 0 Å². The summed E-state index contributed by atoms with van der Waals surface area (Å²) >= 11 is 6.03. The highest BCUT2D eigenvalue weighted by Gasteiger charge is 2.12. The minimum absolute atomic E-state index is 0.706. The minimum atomic E-state index is 0.706. The van der Waals surface area contributed by atoms with Gasteiger partial charge in [-0.05, 0) is 11.6 Å². The summed E-state index contributed by atoms with van der Waals surface area (Å²) < 4.78 is 0. The molecule has 2 rings (SSSR count). The normalized spacial score (nSPS) is 15.8. The fourth-order valence-electron chi connectivity index (χ4n) is 1.46. The standard InChI is InChI=1S/C10H12ClN3/c11-9-4-2-1-3-8(9)7-14-6-5-10(12)13-14/h1-4H,5-7H2,(H2,12,13). The zero-order valence-electron chi connectivity index (χ0n) is 7.78. The summed E-state index contributed by atoms with van der Waals surface area (Å²) in [4.78, 5) is 0. The van der Waals surface area contributed by atoms with Crippen LogP contribution in [0.1, 0.15) is 12.0 Å². The lowest BCUT2D eigenvalue weighted by Crippen LogP contribution is -2.13. The Balaban J connectivity index is 2.08. The highest BCUT2D eigenvalue weighted by Crippen LogP contribution is 2.18. The molecule has 3 nitrogen and oxygen atoms in total. The van der Waals surface area contributed by atoms with Crippen molar-refractivity contribution in [3.8, 4) is 0 Å². The van der Waals surface area contributed by atoms with E-state index in [0.717, 1.165) is 30.1 Å². The van der Waals surface area contributed by atoms with E-state index in [1.54, 1.807) is 0 Å². The monoisotopic (exact) mass is 209 g/mol. The fraction of sp³-hybridized carbons (Fsp3) is 0.300. The number of hydrogen-bond donors (Lipinski definition) is 1. The van der Waals surface area contributed by atoms with Gasteiger partial charge < -0.3 is 5.73 Å². The molecule has 1 aliphatic heterocycles. The molecule has 2 N–H and O–H groups in total. The van der Waals surface area contributed by atoms with Gasteiger partial charge in [-0.25, -0.2) is 0 Å². The van der Waals surface area contributed by atoms with Crippen LogP contribution in [0.15, 0.2) is 29.4 Å². The number of amidine groups is 1. The van der Waals surface area contributed by atoms with Crippen molar-refractivity contribution in [2.45, 2.75) is 13.0 Å². The van der Waals surface area contributed by atoms with Gasteiger partial charge in [0.1, 0.15) is 5.84 Å². The maximum atomic E-state index is 6.03. The number of nitrogens with zero attached hydrogens (tertiary/aromatic N) is 2. The molecule has 0 atom stereocenters. The van der Waals surface area contributed by atoms with Crippen LogP contribution in [0.4, 0.5) is 0 Å². The van der Waals surface area contributed by atoms with Crippen LogP contribution in [-0.4, -0.2) is 17.4 Å². The molecule has 0 radical (unpaired) electrons. The molecule has 0 amide bonds. The average molecular weight is 210 g/mol. The molecule has 1 aromatic rings. The minimum Gasteiger partial charge on any atom is -0.386 e. The van der Waals surface area contributed by atoms with Gasteiger partial charge in [-0.3, -0.25) is 5.01 Å². The van der Waals surface area contributed by atoms with Gasteiger partial charge in [-0.2, -0.15) is 5.10 Å². The van der Waals surface area contributed by atoms with E-state index in [2.05, 4.69) is 5.10 Å². The van der Waals surface area contributed by atoms with E-state index in [4.69, 9.17) is 17.3 Å². The summed E-state index contributed by atoms with van der Waals surface area (Å²) in [6.45, 7) is 1.62. The van der Waals surface area contributed by atoms with Gasteiger partial charge in [0.25, 0.3) is 0 Å². The van der Waals surface area contributed by atoms with Crippen LogP contribution >= 0.6 is 11.6 Å². The number of nitrogens with two attached hydrogens (primary N) is 1. The lowest BCUT2D eigenvalue weighted by atomic mass is 10.2. The number of halogens is 1. The first-order chi connectivity index (χ1) is 6.75. The third-order valence-electron chi connectivity index (χ3n) is 2.21. The van der Waals surface area contributed by atoms with Crippen molar-refractivity contribution in [1.82, 2.24) is 5.01 Å². The Bertz CT molecular complexity index is 362. The van der Waals surface area contributed by atoms with E-state index in [1.165, 1.54) is 0 Å². The Kier molecular flexibility index (Phi) is 2.59. The van der Waals surface area contributed by atoms with Gasteiger partial charge >= 0.3 is 0 Å². The van der Waals surface area contributed by atoms with Gasteiger partial charge in [0.15, 0.2) is 0 Å². The molecular weight excluding hydrogens is 198 g/mol. The molecule has 0 unspecified atom stereocenters. The van der Waals surface area contributed by atoms with Crippen molar-refractivity contribution < 1.29 is 0 Å². The molecule has 1 heterocycles. The van der Waals surface area contributed by atoms with Crippen molar-refractivity contribution >= 4 is 17.4 Å². The lowest BCUT2D eigenvalue weighted by Gasteiger charge is -2.13. The smallest absolute Gasteiger partial charge is 0.121 e. The third kappa shape index (κ3) is 1.99. The first-order valence-corrected chi connectivity index (χ1v) is 4.95. The maximum Gasteiger partial charge on any atom is 0.121 e. The molecule has 74 valence electrons. The molecule has 0 fully saturated rings. The molecule has 4 heteroatoms. The van der Waals surface area contributed by atoms with E-state index in [9.17, 15) is 0 Å². The Hall–Kier alpha value is -1.22. The van der Waals surface area contributed by atoms with Crippen molar-refractivity contribution in [3.63, 3.8) is 0 Å². The zero-order valence-corrected chi connectivity index (χ0v) is 8.54. The van der Waals surface area contributed by atoms with Crippen molar-refractivity contribution in [2.75, 3.05) is 6.54 Å². The molecule has 14 heavy (non-hydrogen) atoms. The molecular formula is C10H12ClN3. The lowest BCUT2D eigenvalue weighted by molar-refractivity contribution is 0.310. The summed E-state index contributed by atoms with van der Waals surface area (Å²) in [7, 11) is 0. The van der Waals surface area contributed by atoms with Gasteiger partial charge in [0, 0.05) is 18.0 Å². The summed E-state index contributed by atoms with van der Waals surface area (Å²) in [6, 6.07) is 7.80. The third-order valence-corrected chi connectivity index (χ3v) is 2.58. The van der Waals surface area contributed by atoms with Crippen LogP contribution in [0, 0.1) is 0 Å². The van der Waals surface area contributed by atoms with E-state index in [0.29, 0.717) is 5.84 Å². The average Bonchev–Trinajstić information content (AvgIpc) is 2.56. The highest BCUT2D eigenvalue weighted by molar-refractivity contribution is 6.31. The molecule has 0 saturated carbocycles. The molecule has 0 aliphatic carbocycles. The number of rotatable bonds is 2. The van der Waals surface area contributed by atoms with Gasteiger partial charge in [-0.1, -0.05) is 29.8 Å². The summed E-state index contributed by atoms with van der Waals surface area (Å²) in [5.41, 5.74) is 6.68. The van der Waals surface area contributed by atoms with E-state index in [-0.39, 0.29) is 0 Å². The maximum absolute atomic E-state index is 6.03. The quantitative estimate of drug-likeness (QED) is 0.808. The van der Waals surface area contributed by atoms with E-state index >= 15 is 0 Å². The van der Waals surface area contributed by atoms with Crippen LogP contribution in [0.25, 0.3) is 0 Å². The first kappa shape index (κ1) is 9.34. The zero-order chi connectivity index (χ0) is 9.97. The topological polar surface area (TPSA) is 41.6 Å². The molecule has 1 aromatic carbocycles. The fourth-order valence-corrected chi connectivity index (χ4v) is 1.66. The number of hydrogen-bond acceptors (Lipinski definition) is 3. The Morgan fingerprint density at radius 3 is 2.86 bits per heavy atom. The van der Waals surface area contributed by atoms with Gasteiger partial charge in [0.05, 0.1) is 6.54 Å². The predicted molar refractivity (Wildman–Crippen MR) is 58.1 cm³/mol. The molecule has 0 saturated heterocycles. The Labute approximate surface area is 88.2 Å². The van der Waals surface area contributed by atoms with Crippen molar-refractivity contribution in [3.05, 3.63) is 34.9 Å². The van der Waals surface area contributed by atoms with Crippen LogP contribution in [0.3, 0.4) is 0 Å².